The zero-order valence-electron chi connectivity index (χ0n) is 11.2. The molecular weight excluding hydrogens is 273 g/mol. The van der Waals surface area contributed by atoms with E-state index in [1.165, 1.54) is 0 Å². The number of hydrogen-bond acceptors (Lipinski definition) is 3. The van der Waals surface area contributed by atoms with Crippen LogP contribution in [0.1, 0.15) is 37.9 Å². The van der Waals surface area contributed by atoms with Crippen molar-refractivity contribution < 1.29 is 13.2 Å². The van der Waals surface area contributed by atoms with Crippen LogP contribution in [0.4, 0.5) is 13.2 Å². The van der Waals surface area contributed by atoms with E-state index in [1.807, 2.05) is 0 Å². The molecule has 0 aliphatic heterocycles. The van der Waals surface area contributed by atoms with E-state index in [9.17, 15) is 18.0 Å². The molecule has 20 heavy (non-hydrogen) atoms. The predicted octanol–water partition coefficient (Wildman–Crippen LogP) is 1.59. The monoisotopic (exact) mass is 292 g/mol. The standard InChI is InChI=1S/C12H19F3N4O/c13-12(14,15)8-19-9(17-18-10(19)20)6-11(7-16)4-2-1-3-5-11/h1-8,16H2,(H,18,20). The summed E-state index contributed by atoms with van der Waals surface area (Å²) in [5.74, 6) is 0.152. The predicted molar refractivity (Wildman–Crippen MR) is 67.2 cm³/mol. The fourth-order valence-electron chi connectivity index (χ4n) is 2.92. The average molecular weight is 292 g/mol. The Morgan fingerprint density at radius 3 is 2.50 bits per heavy atom. The second-order valence-electron chi connectivity index (χ2n) is 5.59. The van der Waals surface area contributed by atoms with Crippen molar-refractivity contribution >= 4 is 0 Å². The summed E-state index contributed by atoms with van der Waals surface area (Å²) in [5, 5.41) is 5.86. The minimum Gasteiger partial charge on any atom is -0.330 e. The van der Waals surface area contributed by atoms with Crippen molar-refractivity contribution in [1.29, 1.82) is 0 Å². The lowest BCUT2D eigenvalue weighted by Gasteiger charge is -2.35. The Bertz CT molecular complexity index is 500. The van der Waals surface area contributed by atoms with E-state index in [2.05, 4.69) is 10.2 Å². The number of H-pyrrole nitrogens is 1. The maximum absolute atomic E-state index is 12.5. The first kappa shape index (κ1) is 15.1. The number of nitrogens with zero attached hydrogens (tertiary/aromatic N) is 2. The van der Waals surface area contributed by atoms with Gasteiger partial charge in [0.05, 0.1) is 0 Å². The van der Waals surface area contributed by atoms with Crippen molar-refractivity contribution in [3.63, 3.8) is 0 Å². The third-order valence-corrected chi connectivity index (χ3v) is 4.06. The molecule has 1 fully saturated rings. The van der Waals surface area contributed by atoms with E-state index in [0.717, 1.165) is 32.1 Å². The smallest absolute Gasteiger partial charge is 0.330 e. The summed E-state index contributed by atoms with van der Waals surface area (Å²) < 4.78 is 38.2. The number of hydrogen-bond donors (Lipinski definition) is 2. The van der Waals surface area contributed by atoms with Gasteiger partial charge in [0.2, 0.25) is 0 Å². The van der Waals surface area contributed by atoms with E-state index in [4.69, 9.17) is 5.73 Å². The van der Waals surface area contributed by atoms with Gasteiger partial charge in [-0.2, -0.15) is 18.3 Å². The molecule has 0 spiro atoms. The summed E-state index contributed by atoms with van der Waals surface area (Å²) in [4.78, 5) is 11.5. The van der Waals surface area contributed by atoms with Gasteiger partial charge < -0.3 is 5.73 Å². The summed E-state index contributed by atoms with van der Waals surface area (Å²) in [5.41, 5.74) is 4.77. The summed E-state index contributed by atoms with van der Waals surface area (Å²) >= 11 is 0. The van der Waals surface area contributed by atoms with Crippen LogP contribution in [-0.2, 0) is 13.0 Å². The van der Waals surface area contributed by atoms with Gasteiger partial charge in [0.15, 0.2) is 0 Å². The average Bonchev–Trinajstić information content (AvgIpc) is 2.71. The van der Waals surface area contributed by atoms with Gasteiger partial charge in [0, 0.05) is 6.42 Å². The van der Waals surface area contributed by atoms with Gasteiger partial charge in [-0.15, -0.1) is 0 Å². The lowest BCUT2D eigenvalue weighted by atomic mass is 9.71. The Kier molecular flexibility index (Phi) is 4.22. The molecule has 8 heteroatoms. The highest BCUT2D eigenvalue weighted by atomic mass is 19.4. The number of rotatable bonds is 4. The van der Waals surface area contributed by atoms with Gasteiger partial charge in [0.25, 0.3) is 0 Å². The minimum absolute atomic E-state index is 0.152. The zero-order chi connectivity index (χ0) is 14.8. The highest BCUT2D eigenvalue weighted by molar-refractivity contribution is 4.97. The second-order valence-corrected chi connectivity index (χ2v) is 5.59. The molecule has 1 aromatic heterocycles. The van der Waals surface area contributed by atoms with Crippen molar-refractivity contribution in [3.8, 4) is 0 Å². The Hall–Kier alpha value is -1.31. The molecule has 0 radical (unpaired) electrons. The molecule has 1 aromatic rings. The Morgan fingerprint density at radius 2 is 1.95 bits per heavy atom. The second kappa shape index (κ2) is 5.59. The van der Waals surface area contributed by atoms with Crippen LogP contribution in [-0.4, -0.2) is 27.5 Å². The number of nitrogens with two attached hydrogens (primary N) is 1. The van der Waals surface area contributed by atoms with Crippen LogP contribution in [0.5, 0.6) is 0 Å². The molecule has 0 atom stereocenters. The molecule has 0 bridgehead atoms. The van der Waals surface area contributed by atoms with Crippen LogP contribution in [0.15, 0.2) is 4.79 Å². The van der Waals surface area contributed by atoms with Crippen LogP contribution < -0.4 is 11.4 Å². The molecule has 1 aliphatic carbocycles. The third kappa shape index (κ3) is 3.41. The zero-order valence-corrected chi connectivity index (χ0v) is 11.2. The van der Waals surface area contributed by atoms with Crippen LogP contribution in [0, 0.1) is 5.41 Å². The molecule has 2 rings (SSSR count). The summed E-state index contributed by atoms with van der Waals surface area (Å²) in [7, 11) is 0. The quantitative estimate of drug-likeness (QED) is 0.884. The van der Waals surface area contributed by atoms with E-state index in [0.29, 0.717) is 17.5 Å². The first-order chi connectivity index (χ1) is 9.35. The first-order valence-electron chi connectivity index (χ1n) is 6.76. The van der Waals surface area contributed by atoms with Crippen LogP contribution >= 0.6 is 0 Å². The molecule has 0 unspecified atom stereocenters. The van der Waals surface area contributed by atoms with Crippen LogP contribution in [0.3, 0.4) is 0 Å². The number of aromatic nitrogens is 3. The Labute approximate surface area is 114 Å². The van der Waals surface area contributed by atoms with Crippen LogP contribution in [0.2, 0.25) is 0 Å². The Balaban J connectivity index is 2.22. The number of aromatic amines is 1. The molecule has 1 aliphatic rings. The third-order valence-electron chi connectivity index (χ3n) is 4.06. The molecular formula is C12H19F3N4O. The Morgan fingerprint density at radius 1 is 1.30 bits per heavy atom. The van der Waals surface area contributed by atoms with Gasteiger partial charge in [-0.25, -0.2) is 9.89 Å². The maximum atomic E-state index is 12.5. The SMILES string of the molecule is NCC1(Cc2n[nH]c(=O)n2CC(F)(F)F)CCCCC1. The minimum atomic E-state index is -4.44. The molecule has 3 N–H and O–H groups in total. The summed E-state index contributed by atoms with van der Waals surface area (Å²) in [6, 6.07) is 0. The van der Waals surface area contributed by atoms with Gasteiger partial charge in [0.1, 0.15) is 12.4 Å². The first-order valence-corrected chi connectivity index (χ1v) is 6.76. The van der Waals surface area contributed by atoms with E-state index in [-0.39, 0.29) is 11.2 Å². The molecule has 5 nitrogen and oxygen atoms in total. The number of nitrogens with one attached hydrogen (secondary N) is 1. The van der Waals surface area contributed by atoms with Crippen LogP contribution in [0.25, 0.3) is 0 Å². The van der Waals surface area contributed by atoms with Crippen molar-refractivity contribution in [1.82, 2.24) is 14.8 Å². The lowest BCUT2D eigenvalue weighted by molar-refractivity contribution is -0.141. The largest absolute Gasteiger partial charge is 0.406 e. The fourth-order valence-corrected chi connectivity index (χ4v) is 2.92. The molecule has 1 saturated carbocycles. The maximum Gasteiger partial charge on any atom is 0.406 e. The number of alkyl halides is 3. The summed E-state index contributed by atoms with van der Waals surface area (Å²) in [6.07, 6.45) is 0.782. The van der Waals surface area contributed by atoms with Gasteiger partial charge in [-0.3, -0.25) is 4.57 Å². The highest BCUT2D eigenvalue weighted by Crippen LogP contribution is 2.38. The topological polar surface area (TPSA) is 76.7 Å². The molecule has 1 heterocycles. The molecule has 0 amide bonds. The van der Waals surface area contributed by atoms with Gasteiger partial charge in [-0.05, 0) is 24.8 Å². The van der Waals surface area contributed by atoms with E-state index >= 15 is 0 Å². The van der Waals surface area contributed by atoms with Gasteiger partial charge >= 0.3 is 11.9 Å². The molecule has 0 saturated heterocycles. The van der Waals surface area contributed by atoms with Crippen molar-refractivity contribution in [3.05, 3.63) is 16.3 Å². The molecule has 0 aromatic carbocycles. The lowest BCUT2D eigenvalue weighted by Crippen LogP contribution is -2.37. The van der Waals surface area contributed by atoms with E-state index in [1.54, 1.807) is 0 Å². The summed E-state index contributed by atoms with van der Waals surface area (Å²) in [6.45, 7) is -0.904. The van der Waals surface area contributed by atoms with Crippen molar-refractivity contribution in [2.45, 2.75) is 51.2 Å². The fraction of sp³-hybridized carbons (Fsp3) is 0.833. The van der Waals surface area contributed by atoms with Gasteiger partial charge in [-0.1, -0.05) is 19.3 Å². The number of halogens is 3. The molecule has 114 valence electrons. The van der Waals surface area contributed by atoms with Crippen molar-refractivity contribution in [2.75, 3.05) is 6.54 Å². The van der Waals surface area contributed by atoms with E-state index < -0.39 is 18.4 Å². The highest BCUT2D eigenvalue weighted by Gasteiger charge is 2.35. The van der Waals surface area contributed by atoms with Crippen molar-refractivity contribution in [2.24, 2.45) is 11.1 Å². The normalized spacial score (nSPS) is 19.2.